The maximum atomic E-state index is 12.0. The zero-order valence-electron chi connectivity index (χ0n) is 25.4. The molecule has 4 aromatic carbocycles. The normalized spacial score (nSPS) is 10.9. The molecule has 5 nitrogen and oxygen atoms in total. The minimum atomic E-state index is -0.402. The van der Waals surface area contributed by atoms with E-state index in [0.717, 1.165) is 57.0 Å². The minimum Gasteiger partial charge on any atom is -0.462 e. The Bertz CT molecular complexity index is 1610. The van der Waals surface area contributed by atoms with Gasteiger partial charge >= 0.3 is 11.9 Å². The maximum Gasteiger partial charge on any atom is 0.333 e. The lowest BCUT2D eigenvalue weighted by Crippen LogP contribution is -2.10. The van der Waals surface area contributed by atoms with E-state index < -0.39 is 11.9 Å². The number of ether oxygens (including phenoxy) is 2. The molecule has 4 aromatic rings. The van der Waals surface area contributed by atoms with Crippen molar-refractivity contribution in [1.29, 1.82) is 0 Å². The highest BCUT2D eigenvalue weighted by atomic mass is 16.5. The zero-order chi connectivity index (χ0) is 30.9. The second-order valence-corrected chi connectivity index (χ2v) is 11.0. The Kier molecular flexibility index (Phi) is 10.7. The van der Waals surface area contributed by atoms with Crippen LogP contribution in [0.4, 0.5) is 0 Å². The molecule has 0 heterocycles. The largest absolute Gasteiger partial charge is 0.462 e. The third-order valence-corrected chi connectivity index (χ3v) is 7.55. The number of carbonyl (C=O) groups is 2. The van der Waals surface area contributed by atoms with E-state index in [4.69, 9.17) is 9.47 Å². The second-order valence-electron chi connectivity index (χ2n) is 11.0. The Morgan fingerprint density at radius 3 is 1.72 bits per heavy atom. The Morgan fingerprint density at radius 1 is 0.674 bits per heavy atom. The van der Waals surface area contributed by atoms with Crippen LogP contribution >= 0.6 is 0 Å². The molecule has 0 saturated carbocycles. The number of carbonyl (C=O) groups excluding carboxylic acids is 2. The lowest BCUT2D eigenvalue weighted by molar-refractivity contribution is -0.139. The van der Waals surface area contributed by atoms with E-state index in [1.165, 1.54) is 11.1 Å². The molecule has 0 aliphatic carbocycles. The average Bonchev–Trinajstić information content (AvgIpc) is 2.99. The van der Waals surface area contributed by atoms with E-state index in [1.54, 1.807) is 13.8 Å². The fourth-order valence-electron chi connectivity index (χ4n) is 5.20. The number of hydrogen-bond donors (Lipinski definition) is 1. The van der Waals surface area contributed by atoms with E-state index in [2.05, 4.69) is 74.7 Å². The summed E-state index contributed by atoms with van der Waals surface area (Å²) in [7, 11) is 0. The molecule has 0 aliphatic rings. The number of hydrogen-bond acceptors (Lipinski definition) is 5. The lowest BCUT2D eigenvalue weighted by Gasteiger charge is -2.17. The van der Waals surface area contributed by atoms with Gasteiger partial charge in [0, 0.05) is 30.6 Å². The van der Waals surface area contributed by atoms with Crippen LogP contribution in [0.25, 0.3) is 33.0 Å². The number of rotatable bonds is 13. The molecular weight excluding hydrogens is 536 g/mol. The maximum absolute atomic E-state index is 12.0. The lowest BCUT2D eigenvalue weighted by atomic mass is 9.89. The Hall–Kier alpha value is -4.48. The van der Waals surface area contributed by atoms with Gasteiger partial charge in [0.05, 0.1) is 13.2 Å². The van der Waals surface area contributed by atoms with Crippen molar-refractivity contribution in [2.45, 2.75) is 46.5 Å². The first kappa shape index (κ1) is 31.5. The summed E-state index contributed by atoms with van der Waals surface area (Å²) >= 11 is 0. The van der Waals surface area contributed by atoms with Gasteiger partial charge in [-0.05, 0) is 101 Å². The van der Waals surface area contributed by atoms with Crippen LogP contribution in [0.3, 0.4) is 0 Å². The summed E-state index contributed by atoms with van der Waals surface area (Å²) in [5.41, 5.74) is 9.75. The van der Waals surface area contributed by atoms with Crippen LogP contribution in [0, 0.1) is 6.92 Å². The molecule has 0 unspecified atom stereocenters. The standard InChI is InChI=1S/C38H40O5/c1-25(2)37(40)42-20-17-29-8-6-9-30(18-21-43-38(41)26(3)4)36(29)35-16-15-33-23-32(13-14-34(33)24-35)31-12-11-28(10-7-19-39)27(5)22-31/h6,8-9,11-16,22-24,39H,1,3,7,10,17-21H2,2,4-5H3. The van der Waals surface area contributed by atoms with Crippen molar-refractivity contribution in [2.75, 3.05) is 19.8 Å². The topological polar surface area (TPSA) is 72.8 Å². The van der Waals surface area contributed by atoms with E-state index in [1.807, 2.05) is 18.2 Å². The number of fused-ring (bicyclic) bond motifs is 1. The minimum absolute atomic E-state index is 0.199. The summed E-state index contributed by atoms with van der Waals surface area (Å²) in [5, 5.41) is 11.4. The van der Waals surface area contributed by atoms with Crippen LogP contribution in [0.1, 0.15) is 42.5 Å². The molecule has 0 saturated heterocycles. The summed E-state index contributed by atoms with van der Waals surface area (Å²) in [5.74, 6) is -0.804. The highest BCUT2D eigenvalue weighted by molar-refractivity contribution is 5.92. The van der Waals surface area contributed by atoms with Crippen LogP contribution in [-0.2, 0) is 38.3 Å². The fraction of sp³-hybridized carbons (Fsp3) is 0.263. The second kappa shape index (κ2) is 14.6. The third-order valence-electron chi connectivity index (χ3n) is 7.55. The molecule has 0 aromatic heterocycles. The summed E-state index contributed by atoms with van der Waals surface area (Å²) in [4.78, 5) is 24.0. The van der Waals surface area contributed by atoms with Crippen molar-refractivity contribution in [2.24, 2.45) is 0 Å². The van der Waals surface area contributed by atoms with Gasteiger partial charge in [-0.2, -0.15) is 0 Å². The van der Waals surface area contributed by atoms with Crippen molar-refractivity contribution in [1.82, 2.24) is 0 Å². The van der Waals surface area contributed by atoms with Gasteiger partial charge in [-0.25, -0.2) is 9.59 Å². The predicted octanol–water partition coefficient (Wildman–Crippen LogP) is 7.73. The van der Waals surface area contributed by atoms with Gasteiger partial charge in [0.15, 0.2) is 0 Å². The molecule has 5 heteroatoms. The number of aliphatic hydroxyl groups is 1. The molecule has 0 aliphatic heterocycles. The number of benzene rings is 4. The molecule has 0 bridgehead atoms. The summed E-state index contributed by atoms with van der Waals surface area (Å²) in [6.45, 7) is 13.4. The molecule has 0 atom stereocenters. The Labute approximate surface area is 254 Å². The number of aryl methyl sites for hydroxylation is 2. The van der Waals surface area contributed by atoms with Gasteiger partial charge in [0.1, 0.15) is 0 Å². The first-order valence-corrected chi connectivity index (χ1v) is 14.7. The van der Waals surface area contributed by atoms with Crippen molar-refractivity contribution in [3.05, 3.63) is 119 Å². The van der Waals surface area contributed by atoms with Gasteiger partial charge in [0.2, 0.25) is 0 Å². The highest BCUT2D eigenvalue weighted by Crippen LogP contribution is 2.33. The highest BCUT2D eigenvalue weighted by Gasteiger charge is 2.14. The molecule has 4 rings (SSSR count). The third kappa shape index (κ3) is 8.08. The quantitative estimate of drug-likeness (QED) is 0.130. The fourth-order valence-corrected chi connectivity index (χ4v) is 5.20. The molecule has 222 valence electrons. The summed E-state index contributed by atoms with van der Waals surface area (Å²) in [6.07, 6.45) is 2.72. The van der Waals surface area contributed by atoms with Crippen molar-refractivity contribution in [3.8, 4) is 22.3 Å². The smallest absolute Gasteiger partial charge is 0.333 e. The van der Waals surface area contributed by atoms with Gasteiger partial charge in [-0.1, -0.05) is 73.8 Å². The molecule has 1 N–H and O–H groups in total. The van der Waals surface area contributed by atoms with Crippen LogP contribution in [-0.4, -0.2) is 36.9 Å². The zero-order valence-corrected chi connectivity index (χ0v) is 25.4. The number of aliphatic hydroxyl groups excluding tert-OH is 1. The monoisotopic (exact) mass is 576 g/mol. The van der Waals surface area contributed by atoms with Crippen molar-refractivity contribution in [3.63, 3.8) is 0 Å². The van der Waals surface area contributed by atoms with E-state index in [9.17, 15) is 14.7 Å². The molecule has 0 fully saturated rings. The van der Waals surface area contributed by atoms with Crippen LogP contribution < -0.4 is 0 Å². The van der Waals surface area contributed by atoms with E-state index >= 15 is 0 Å². The Morgan fingerprint density at radius 2 is 1.19 bits per heavy atom. The van der Waals surface area contributed by atoms with Crippen molar-refractivity contribution >= 4 is 22.7 Å². The number of esters is 2. The van der Waals surface area contributed by atoms with Gasteiger partial charge in [0.25, 0.3) is 0 Å². The molecule has 43 heavy (non-hydrogen) atoms. The van der Waals surface area contributed by atoms with Crippen LogP contribution in [0.5, 0.6) is 0 Å². The predicted molar refractivity (Wildman–Crippen MR) is 174 cm³/mol. The molecular formula is C38H40O5. The van der Waals surface area contributed by atoms with E-state index in [0.29, 0.717) is 24.0 Å². The summed E-state index contributed by atoms with van der Waals surface area (Å²) in [6, 6.07) is 25.6. The molecule has 0 amide bonds. The molecule has 0 radical (unpaired) electrons. The van der Waals surface area contributed by atoms with Gasteiger partial charge < -0.3 is 14.6 Å². The van der Waals surface area contributed by atoms with E-state index in [-0.39, 0.29) is 19.8 Å². The average molecular weight is 577 g/mol. The SMILES string of the molecule is C=C(C)C(=O)OCCc1cccc(CCOC(=O)C(=C)C)c1-c1ccc2cc(-c3ccc(CCCO)c(C)c3)ccc2c1. The first-order chi connectivity index (χ1) is 20.7. The van der Waals surface area contributed by atoms with Gasteiger partial charge in [-0.3, -0.25) is 0 Å². The Balaban J connectivity index is 1.65. The van der Waals surface area contributed by atoms with Crippen LogP contribution in [0.15, 0.2) is 97.1 Å². The van der Waals surface area contributed by atoms with Crippen molar-refractivity contribution < 1.29 is 24.2 Å². The van der Waals surface area contributed by atoms with Crippen LogP contribution in [0.2, 0.25) is 0 Å². The first-order valence-electron chi connectivity index (χ1n) is 14.7. The molecule has 0 spiro atoms. The summed E-state index contributed by atoms with van der Waals surface area (Å²) < 4.78 is 10.8. The van der Waals surface area contributed by atoms with Gasteiger partial charge in [-0.15, -0.1) is 0 Å².